The second kappa shape index (κ2) is 8.28. The van der Waals surface area contributed by atoms with Gasteiger partial charge in [0.15, 0.2) is 0 Å². The number of nitrogen functional groups attached to an aromatic ring is 1. The van der Waals surface area contributed by atoms with Crippen LogP contribution in [-0.4, -0.2) is 22.6 Å². The SMILES string of the molecule is Nc1ncc(Br)cc1-c1ccc(C(=O)NC(CO)c2ccccc2)c(F)c1. The molecular weight excluding hydrogens is 413 g/mol. The largest absolute Gasteiger partial charge is 0.394 e. The van der Waals surface area contributed by atoms with E-state index in [1.165, 1.54) is 12.1 Å². The molecule has 1 atom stereocenters. The van der Waals surface area contributed by atoms with Gasteiger partial charge in [-0.25, -0.2) is 9.37 Å². The molecule has 3 aromatic rings. The quantitative estimate of drug-likeness (QED) is 0.576. The smallest absolute Gasteiger partial charge is 0.254 e. The topological polar surface area (TPSA) is 88.2 Å². The first-order chi connectivity index (χ1) is 13.0. The lowest BCUT2D eigenvalue weighted by Crippen LogP contribution is -2.31. The number of anilines is 1. The predicted octanol–water partition coefficient (Wildman–Crippen LogP) is 3.70. The van der Waals surface area contributed by atoms with Crippen LogP contribution < -0.4 is 11.1 Å². The number of hydrogen-bond donors (Lipinski definition) is 3. The standard InChI is InChI=1S/C20H17BrFN3O2/c21-14-9-16(19(23)24-10-14)13-6-7-15(17(22)8-13)20(27)25-18(11-26)12-4-2-1-3-5-12/h1-10,18,26H,11H2,(H2,23,24)(H,25,27). The molecule has 0 aliphatic carbocycles. The third-order valence-electron chi connectivity index (χ3n) is 4.10. The highest BCUT2D eigenvalue weighted by Gasteiger charge is 2.18. The van der Waals surface area contributed by atoms with E-state index in [0.717, 1.165) is 5.56 Å². The van der Waals surface area contributed by atoms with Crippen LogP contribution in [0.2, 0.25) is 0 Å². The molecule has 0 aliphatic rings. The number of carbonyl (C=O) groups excluding carboxylic acids is 1. The van der Waals surface area contributed by atoms with E-state index in [4.69, 9.17) is 5.73 Å². The van der Waals surface area contributed by atoms with Gasteiger partial charge in [-0.15, -0.1) is 0 Å². The van der Waals surface area contributed by atoms with Crippen LogP contribution in [0, 0.1) is 5.82 Å². The Morgan fingerprint density at radius 3 is 2.63 bits per heavy atom. The number of nitrogens with zero attached hydrogens (tertiary/aromatic N) is 1. The lowest BCUT2D eigenvalue weighted by molar-refractivity contribution is 0.0912. The molecule has 7 heteroatoms. The minimum Gasteiger partial charge on any atom is -0.394 e. The van der Waals surface area contributed by atoms with Crippen molar-refractivity contribution in [3.05, 3.63) is 82.2 Å². The van der Waals surface area contributed by atoms with Gasteiger partial charge in [0.1, 0.15) is 11.6 Å². The maximum atomic E-state index is 14.6. The number of nitrogens with one attached hydrogen (secondary N) is 1. The number of pyridine rings is 1. The van der Waals surface area contributed by atoms with Crippen molar-refractivity contribution in [2.24, 2.45) is 0 Å². The maximum Gasteiger partial charge on any atom is 0.254 e. The number of aliphatic hydroxyl groups excluding tert-OH is 1. The van der Waals surface area contributed by atoms with Crippen molar-refractivity contribution in [2.75, 3.05) is 12.3 Å². The van der Waals surface area contributed by atoms with E-state index in [-0.39, 0.29) is 18.0 Å². The van der Waals surface area contributed by atoms with E-state index >= 15 is 0 Å². The molecule has 4 N–H and O–H groups in total. The van der Waals surface area contributed by atoms with Gasteiger partial charge in [-0.1, -0.05) is 36.4 Å². The summed E-state index contributed by atoms with van der Waals surface area (Å²) in [5.41, 5.74) is 7.55. The highest BCUT2D eigenvalue weighted by molar-refractivity contribution is 9.10. The number of aromatic nitrogens is 1. The van der Waals surface area contributed by atoms with Gasteiger partial charge in [-0.2, -0.15) is 0 Å². The third kappa shape index (κ3) is 4.32. The van der Waals surface area contributed by atoms with Crippen molar-refractivity contribution in [1.29, 1.82) is 0 Å². The molecule has 1 unspecified atom stereocenters. The summed E-state index contributed by atoms with van der Waals surface area (Å²) in [6.45, 7) is -0.296. The summed E-state index contributed by atoms with van der Waals surface area (Å²) in [7, 11) is 0. The summed E-state index contributed by atoms with van der Waals surface area (Å²) >= 11 is 3.31. The molecule has 2 aromatic carbocycles. The summed E-state index contributed by atoms with van der Waals surface area (Å²) in [5, 5.41) is 12.2. The van der Waals surface area contributed by atoms with E-state index in [1.54, 1.807) is 42.6 Å². The second-order valence-corrected chi connectivity index (χ2v) is 6.82. The van der Waals surface area contributed by atoms with Gasteiger partial charge < -0.3 is 16.2 Å². The molecule has 0 bridgehead atoms. The van der Waals surface area contributed by atoms with Crippen LogP contribution in [-0.2, 0) is 0 Å². The van der Waals surface area contributed by atoms with E-state index in [2.05, 4.69) is 26.2 Å². The number of benzene rings is 2. The molecule has 1 aromatic heterocycles. The summed E-state index contributed by atoms with van der Waals surface area (Å²) in [6, 6.07) is 14.3. The summed E-state index contributed by atoms with van der Waals surface area (Å²) in [4.78, 5) is 16.5. The van der Waals surface area contributed by atoms with E-state index < -0.39 is 17.8 Å². The lowest BCUT2D eigenvalue weighted by atomic mass is 10.0. The average Bonchev–Trinajstić information content (AvgIpc) is 2.68. The van der Waals surface area contributed by atoms with Crippen LogP contribution in [0.3, 0.4) is 0 Å². The Morgan fingerprint density at radius 1 is 1.22 bits per heavy atom. The van der Waals surface area contributed by atoms with E-state index in [1.807, 2.05) is 6.07 Å². The first-order valence-electron chi connectivity index (χ1n) is 8.17. The van der Waals surface area contributed by atoms with Crippen molar-refractivity contribution in [2.45, 2.75) is 6.04 Å². The van der Waals surface area contributed by atoms with Crippen molar-refractivity contribution < 1.29 is 14.3 Å². The van der Waals surface area contributed by atoms with Crippen molar-refractivity contribution in [3.63, 3.8) is 0 Å². The number of aliphatic hydroxyl groups is 1. The molecule has 27 heavy (non-hydrogen) atoms. The summed E-state index contributed by atoms with van der Waals surface area (Å²) in [6.07, 6.45) is 1.55. The second-order valence-electron chi connectivity index (χ2n) is 5.90. The molecule has 0 aliphatic heterocycles. The van der Waals surface area contributed by atoms with Gasteiger partial charge in [0, 0.05) is 16.2 Å². The highest BCUT2D eigenvalue weighted by atomic mass is 79.9. The zero-order chi connectivity index (χ0) is 19.4. The van der Waals surface area contributed by atoms with Gasteiger partial charge in [-0.05, 0) is 45.3 Å². The Balaban J connectivity index is 1.85. The Bertz CT molecular complexity index is 967. The van der Waals surface area contributed by atoms with Crippen molar-refractivity contribution in [1.82, 2.24) is 10.3 Å². The predicted molar refractivity (Wildman–Crippen MR) is 105 cm³/mol. The highest BCUT2D eigenvalue weighted by Crippen LogP contribution is 2.28. The summed E-state index contributed by atoms with van der Waals surface area (Å²) in [5.74, 6) is -1.03. The summed E-state index contributed by atoms with van der Waals surface area (Å²) < 4.78 is 15.3. The molecule has 0 saturated heterocycles. The zero-order valence-corrected chi connectivity index (χ0v) is 15.8. The Morgan fingerprint density at radius 2 is 1.96 bits per heavy atom. The fraction of sp³-hybridized carbons (Fsp3) is 0.100. The van der Waals surface area contributed by atoms with Crippen LogP contribution in [0.25, 0.3) is 11.1 Å². The number of nitrogens with two attached hydrogens (primary N) is 1. The molecule has 0 fully saturated rings. The van der Waals surface area contributed by atoms with Crippen LogP contribution in [0.15, 0.2) is 65.3 Å². The molecule has 5 nitrogen and oxygen atoms in total. The normalized spacial score (nSPS) is 11.8. The number of hydrogen-bond acceptors (Lipinski definition) is 4. The zero-order valence-electron chi connectivity index (χ0n) is 14.2. The Hall–Kier alpha value is -2.77. The molecule has 1 heterocycles. The third-order valence-corrected chi connectivity index (χ3v) is 4.53. The molecule has 0 saturated carbocycles. The van der Waals surface area contributed by atoms with Crippen LogP contribution >= 0.6 is 15.9 Å². The Labute approximate surface area is 164 Å². The Kier molecular flexibility index (Phi) is 5.83. The minimum atomic E-state index is -0.686. The molecule has 1 amide bonds. The number of halogens is 2. The molecule has 0 spiro atoms. The number of amides is 1. The lowest BCUT2D eigenvalue weighted by Gasteiger charge is -2.17. The molecule has 3 rings (SSSR count). The van der Waals surface area contributed by atoms with Gasteiger partial charge >= 0.3 is 0 Å². The van der Waals surface area contributed by atoms with Crippen molar-refractivity contribution >= 4 is 27.7 Å². The van der Waals surface area contributed by atoms with E-state index in [0.29, 0.717) is 15.6 Å². The minimum absolute atomic E-state index is 0.116. The van der Waals surface area contributed by atoms with Crippen LogP contribution in [0.1, 0.15) is 22.0 Å². The number of carbonyl (C=O) groups is 1. The van der Waals surface area contributed by atoms with Crippen LogP contribution in [0.4, 0.5) is 10.2 Å². The van der Waals surface area contributed by atoms with Gasteiger partial charge in [0.2, 0.25) is 0 Å². The fourth-order valence-corrected chi connectivity index (χ4v) is 3.03. The molecular formula is C20H17BrFN3O2. The van der Waals surface area contributed by atoms with Crippen LogP contribution in [0.5, 0.6) is 0 Å². The van der Waals surface area contributed by atoms with Crippen molar-refractivity contribution in [3.8, 4) is 11.1 Å². The fourth-order valence-electron chi connectivity index (χ4n) is 2.70. The van der Waals surface area contributed by atoms with E-state index in [9.17, 15) is 14.3 Å². The first-order valence-corrected chi connectivity index (χ1v) is 8.96. The van der Waals surface area contributed by atoms with Gasteiger partial charge in [0.25, 0.3) is 5.91 Å². The molecule has 0 radical (unpaired) electrons. The monoisotopic (exact) mass is 429 g/mol. The first kappa shape index (κ1) is 19.0. The van der Waals surface area contributed by atoms with Gasteiger partial charge in [0.05, 0.1) is 18.2 Å². The maximum absolute atomic E-state index is 14.6. The average molecular weight is 430 g/mol. The van der Waals surface area contributed by atoms with Gasteiger partial charge in [-0.3, -0.25) is 4.79 Å². The molecule has 138 valence electrons. The number of rotatable bonds is 5.